The fourth-order valence-corrected chi connectivity index (χ4v) is 4.13. The number of hydrogen-bond acceptors (Lipinski definition) is 1. The number of nitrogen functional groups attached to an aromatic ring is 1. The molecule has 2 heteroatoms. The van der Waals surface area contributed by atoms with E-state index in [9.17, 15) is 0 Å². The quantitative estimate of drug-likeness (QED) is 0.249. The molecule has 1 atom stereocenters. The predicted molar refractivity (Wildman–Crippen MR) is 113 cm³/mol. The van der Waals surface area contributed by atoms with Crippen LogP contribution in [0.3, 0.4) is 0 Å². The highest BCUT2D eigenvalue weighted by Crippen LogP contribution is 2.34. The first-order valence-electron chi connectivity index (χ1n) is 10.2. The van der Waals surface area contributed by atoms with E-state index in [1.54, 1.807) is 0 Å². The third kappa shape index (κ3) is 9.11. The number of halogens is 1. The van der Waals surface area contributed by atoms with E-state index in [1.165, 1.54) is 93.5 Å². The Morgan fingerprint density at radius 1 is 0.792 bits per heavy atom. The largest absolute Gasteiger partial charge is 0.399 e. The van der Waals surface area contributed by atoms with Crippen LogP contribution in [0.15, 0.2) is 22.7 Å². The van der Waals surface area contributed by atoms with Gasteiger partial charge in [0, 0.05) is 10.2 Å². The molecule has 2 N–H and O–H groups in total. The van der Waals surface area contributed by atoms with Crippen molar-refractivity contribution in [3.8, 4) is 0 Å². The van der Waals surface area contributed by atoms with Crippen LogP contribution in [-0.4, -0.2) is 0 Å². The maximum absolute atomic E-state index is 5.99. The van der Waals surface area contributed by atoms with Gasteiger partial charge in [-0.05, 0) is 42.5 Å². The fraction of sp³-hybridized carbons (Fsp3) is 0.727. The first kappa shape index (κ1) is 21.5. The molecule has 138 valence electrons. The number of unbranched alkanes of at least 4 members (excludes halogenated alkanes) is 9. The Morgan fingerprint density at radius 3 is 1.96 bits per heavy atom. The standard InChI is InChI=1S/C22H38BrN/c1-3-5-6-7-8-9-10-11-12-13-15-19(14-4-2)21-18-20(24)16-17-22(21)23/h16-19H,3-15,24H2,1-2H3. The maximum atomic E-state index is 5.99. The normalized spacial score (nSPS) is 12.5. The minimum atomic E-state index is 0.655. The molecule has 1 nitrogen and oxygen atoms in total. The number of benzene rings is 1. The van der Waals surface area contributed by atoms with Crippen molar-refractivity contribution < 1.29 is 0 Å². The fourth-order valence-electron chi connectivity index (χ4n) is 3.56. The molecule has 0 aliphatic rings. The molecule has 0 bridgehead atoms. The molecule has 0 aliphatic heterocycles. The van der Waals surface area contributed by atoms with Crippen molar-refractivity contribution in [3.05, 3.63) is 28.2 Å². The van der Waals surface area contributed by atoms with E-state index in [1.807, 2.05) is 6.07 Å². The van der Waals surface area contributed by atoms with Gasteiger partial charge in [-0.1, -0.05) is 100 Å². The van der Waals surface area contributed by atoms with Crippen LogP contribution in [0.4, 0.5) is 5.69 Å². The van der Waals surface area contributed by atoms with Gasteiger partial charge in [-0.3, -0.25) is 0 Å². The molecule has 0 spiro atoms. The van der Waals surface area contributed by atoms with Crippen molar-refractivity contribution in [1.82, 2.24) is 0 Å². The molecular formula is C22H38BrN. The van der Waals surface area contributed by atoms with E-state index >= 15 is 0 Å². The Morgan fingerprint density at radius 2 is 1.38 bits per heavy atom. The highest BCUT2D eigenvalue weighted by molar-refractivity contribution is 9.10. The van der Waals surface area contributed by atoms with Gasteiger partial charge in [0.05, 0.1) is 0 Å². The second-order valence-corrected chi connectivity index (χ2v) is 8.09. The van der Waals surface area contributed by atoms with E-state index in [4.69, 9.17) is 5.73 Å². The molecular weight excluding hydrogens is 358 g/mol. The Kier molecular flexibility index (Phi) is 12.3. The van der Waals surface area contributed by atoms with E-state index in [2.05, 4.69) is 41.9 Å². The third-order valence-electron chi connectivity index (χ3n) is 5.00. The first-order chi connectivity index (χ1) is 11.7. The smallest absolute Gasteiger partial charge is 0.0317 e. The highest BCUT2D eigenvalue weighted by Gasteiger charge is 2.14. The summed E-state index contributed by atoms with van der Waals surface area (Å²) in [5.41, 5.74) is 8.29. The molecule has 0 saturated heterocycles. The lowest BCUT2D eigenvalue weighted by Gasteiger charge is -2.19. The Labute approximate surface area is 158 Å². The van der Waals surface area contributed by atoms with Gasteiger partial charge in [0.25, 0.3) is 0 Å². The molecule has 0 saturated carbocycles. The molecule has 1 aromatic carbocycles. The van der Waals surface area contributed by atoms with Crippen LogP contribution in [0.1, 0.15) is 109 Å². The maximum Gasteiger partial charge on any atom is 0.0317 e. The molecule has 0 amide bonds. The summed E-state index contributed by atoms with van der Waals surface area (Å²) in [5, 5.41) is 0. The Bertz CT molecular complexity index is 430. The van der Waals surface area contributed by atoms with Gasteiger partial charge in [0.15, 0.2) is 0 Å². The minimum absolute atomic E-state index is 0.655. The molecule has 1 aromatic rings. The summed E-state index contributed by atoms with van der Waals surface area (Å²) < 4.78 is 1.22. The number of rotatable bonds is 14. The summed E-state index contributed by atoms with van der Waals surface area (Å²) in [4.78, 5) is 0. The summed E-state index contributed by atoms with van der Waals surface area (Å²) in [6.07, 6.45) is 17.9. The second kappa shape index (κ2) is 13.8. The second-order valence-electron chi connectivity index (χ2n) is 7.24. The van der Waals surface area contributed by atoms with Crippen LogP contribution < -0.4 is 5.73 Å². The lowest BCUT2D eigenvalue weighted by Crippen LogP contribution is -2.01. The van der Waals surface area contributed by atoms with Gasteiger partial charge >= 0.3 is 0 Å². The molecule has 0 radical (unpaired) electrons. The number of nitrogens with two attached hydrogens (primary N) is 1. The van der Waals surface area contributed by atoms with E-state index in [0.29, 0.717) is 5.92 Å². The van der Waals surface area contributed by atoms with Gasteiger partial charge in [-0.25, -0.2) is 0 Å². The molecule has 0 fully saturated rings. The number of hydrogen-bond donors (Lipinski definition) is 1. The minimum Gasteiger partial charge on any atom is -0.399 e. The van der Waals surface area contributed by atoms with Crippen molar-refractivity contribution in [3.63, 3.8) is 0 Å². The van der Waals surface area contributed by atoms with E-state index in [0.717, 1.165) is 5.69 Å². The van der Waals surface area contributed by atoms with Crippen LogP contribution in [0.2, 0.25) is 0 Å². The zero-order valence-corrected chi connectivity index (χ0v) is 17.5. The summed E-state index contributed by atoms with van der Waals surface area (Å²) in [6.45, 7) is 4.57. The van der Waals surface area contributed by atoms with Gasteiger partial charge in [0.1, 0.15) is 0 Å². The molecule has 0 aromatic heterocycles. The van der Waals surface area contributed by atoms with Gasteiger partial charge in [0.2, 0.25) is 0 Å². The van der Waals surface area contributed by atoms with Crippen LogP contribution in [0.5, 0.6) is 0 Å². The van der Waals surface area contributed by atoms with Crippen LogP contribution in [0.25, 0.3) is 0 Å². The van der Waals surface area contributed by atoms with Crippen molar-refractivity contribution in [2.75, 3.05) is 5.73 Å². The van der Waals surface area contributed by atoms with Crippen molar-refractivity contribution in [2.24, 2.45) is 0 Å². The third-order valence-corrected chi connectivity index (χ3v) is 5.73. The lowest BCUT2D eigenvalue weighted by molar-refractivity contribution is 0.504. The topological polar surface area (TPSA) is 26.0 Å². The Balaban J connectivity index is 2.21. The monoisotopic (exact) mass is 395 g/mol. The molecule has 1 unspecified atom stereocenters. The summed E-state index contributed by atoms with van der Waals surface area (Å²) in [6, 6.07) is 6.25. The average molecular weight is 396 g/mol. The summed E-state index contributed by atoms with van der Waals surface area (Å²) in [7, 11) is 0. The Hall–Kier alpha value is -0.500. The molecule has 1 rings (SSSR count). The van der Waals surface area contributed by atoms with Crippen molar-refractivity contribution >= 4 is 21.6 Å². The van der Waals surface area contributed by atoms with Crippen LogP contribution >= 0.6 is 15.9 Å². The zero-order valence-electron chi connectivity index (χ0n) is 16.0. The number of anilines is 1. The first-order valence-corrected chi connectivity index (χ1v) is 11.0. The van der Waals surface area contributed by atoms with Gasteiger partial charge in [-0.2, -0.15) is 0 Å². The highest BCUT2D eigenvalue weighted by atomic mass is 79.9. The molecule has 0 heterocycles. The van der Waals surface area contributed by atoms with Gasteiger partial charge in [-0.15, -0.1) is 0 Å². The van der Waals surface area contributed by atoms with E-state index < -0.39 is 0 Å². The summed E-state index contributed by atoms with van der Waals surface area (Å²) >= 11 is 3.71. The average Bonchev–Trinajstić information content (AvgIpc) is 2.58. The zero-order chi connectivity index (χ0) is 17.6. The predicted octanol–water partition coefficient (Wildman–Crippen LogP) is 8.23. The summed E-state index contributed by atoms with van der Waals surface area (Å²) in [5.74, 6) is 0.655. The SMILES string of the molecule is CCCCCCCCCCCCC(CCC)c1cc(N)ccc1Br. The van der Waals surface area contributed by atoms with E-state index in [-0.39, 0.29) is 0 Å². The van der Waals surface area contributed by atoms with Crippen molar-refractivity contribution in [2.45, 2.75) is 103 Å². The van der Waals surface area contributed by atoms with Crippen LogP contribution in [-0.2, 0) is 0 Å². The molecule has 24 heavy (non-hydrogen) atoms. The van der Waals surface area contributed by atoms with Gasteiger partial charge < -0.3 is 5.73 Å². The van der Waals surface area contributed by atoms with Crippen LogP contribution in [0, 0.1) is 0 Å². The molecule has 0 aliphatic carbocycles. The lowest BCUT2D eigenvalue weighted by atomic mass is 9.89. The van der Waals surface area contributed by atoms with Crippen molar-refractivity contribution in [1.29, 1.82) is 0 Å².